The lowest BCUT2D eigenvalue weighted by atomic mass is 10.2. The van der Waals surface area contributed by atoms with Gasteiger partial charge in [0.2, 0.25) is 0 Å². The van der Waals surface area contributed by atoms with E-state index in [9.17, 15) is 0 Å². The Morgan fingerprint density at radius 1 is 1.00 bits per heavy atom. The highest BCUT2D eigenvalue weighted by Crippen LogP contribution is 2.18. The van der Waals surface area contributed by atoms with Crippen LogP contribution < -0.4 is 10.6 Å². The van der Waals surface area contributed by atoms with Gasteiger partial charge in [0.15, 0.2) is 0 Å². The highest BCUT2D eigenvalue weighted by molar-refractivity contribution is 5.50. The standard InChI is InChI=1S/C17H22N4/c1-14-16(18)7-8-17(19-14)21-11-9-20(10-12-21)13-15-5-3-2-4-6-15/h2-8H,9-13,18H2,1H3. The lowest BCUT2D eigenvalue weighted by Gasteiger charge is -2.35. The van der Waals surface area contributed by atoms with Gasteiger partial charge in [0.1, 0.15) is 5.82 Å². The van der Waals surface area contributed by atoms with Crippen LogP contribution in [0.1, 0.15) is 11.3 Å². The predicted octanol–water partition coefficient (Wildman–Crippen LogP) is 2.29. The second-order valence-corrected chi connectivity index (χ2v) is 5.59. The maximum atomic E-state index is 5.84. The number of aromatic nitrogens is 1. The molecule has 2 aromatic rings. The average Bonchev–Trinajstić information content (AvgIpc) is 2.52. The van der Waals surface area contributed by atoms with Gasteiger partial charge in [0.05, 0.1) is 11.4 Å². The van der Waals surface area contributed by atoms with Crippen LogP contribution in [0.2, 0.25) is 0 Å². The quantitative estimate of drug-likeness (QED) is 0.938. The van der Waals surface area contributed by atoms with Crippen molar-refractivity contribution in [3.05, 3.63) is 53.7 Å². The molecule has 0 atom stereocenters. The van der Waals surface area contributed by atoms with Gasteiger partial charge >= 0.3 is 0 Å². The summed E-state index contributed by atoms with van der Waals surface area (Å²) in [6, 6.07) is 14.6. The van der Waals surface area contributed by atoms with Gasteiger partial charge < -0.3 is 10.6 Å². The predicted molar refractivity (Wildman–Crippen MR) is 87.3 cm³/mol. The molecule has 1 saturated heterocycles. The fourth-order valence-corrected chi connectivity index (χ4v) is 2.71. The molecule has 1 aromatic carbocycles. The van der Waals surface area contributed by atoms with Crippen molar-refractivity contribution in [2.24, 2.45) is 0 Å². The van der Waals surface area contributed by atoms with E-state index in [4.69, 9.17) is 5.73 Å². The molecule has 3 rings (SSSR count). The Balaban J connectivity index is 1.58. The molecule has 0 saturated carbocycles. The zero-order chi connectivity index (χ0) is 14.7. The molecule has 0 radical (unpaired) electrons. The summed E-state index contributed by atoms with van der Waals surface area (Å²) in [6.07, 6.45) is 0. The Labute approximate surface area is 126 Å². The molecule has 4 nitrogen and oxygen atoms in total. The van der Waals surface area contributed by atoms with Gasteiger partial charge in [0.25, 0.3) is 0 Å². The molecule has 110 valence electrons. The van der Waals surface area contributed by atoms with Crippen LogP contribution in [0.4, 0.5) is 11.5 Å². The lowest BCUT2D eigenvalue weighted by Crippen LogP contribution is -2.46. The van der Waals surface area contributed by atoms with Gasteiger partial charge in [-0.3, -0.25) is 4.90 Å². The summed E-state index contributed by atoms with van der Waals surface area (Å²) >= 11 is 0. The van der Waals surface area contributed by atoms with Crippen molar-refractivity contribution in [1.29, 1.82) is 0 Å². The fraction of sp³-hybridized carbons (Fsp3) is 0.353. The van der Waals surface area contributed by atoms with E-state index in [0.29, 0.717) is 0 Å². The van der Waals surface area contributed by atoms with Crippen LogP contribution in [-0.2, 0) is 6.54 Å². The first-order valence-electron chi connectivity index (χ1n) is 7.47. The van der Waals surface area contributed by atoms with Gasteiger partial charge in [-0.25, -0.2) is 4.98 Å². The Bertz CT molecular complexity index is 589. The minimum absolute atomic E-state index is 0.765. The minimum atomic E-state index is 0.765. The van der Waals surface area contributed by atoms with Gasteiger partial charge in [-0.2, -0.15) is 0 Å². The summed E-state index contributed by atoms with van der Waals surface area (Å²) in [6.45, 7) is 7.17. The largest absolute Gasteiger partial charge is 0.397 e. The third-order valence-corrected chi connectivity index (χ3v) is 4.06. The van der Waals surface area contributed by atoms with Crippen LogP contribution in [0, 0.1) is 6.92 Å². The van der Waals surface area contributed by atoms with Crippen molar-refractivity contribution in [2.45, 2.75) is 13.5 Å². The number of anilines is 2. The number of nitrogens with two attached hydrogens (primary N) is 1. The fourth-order valence-electron chi connectivity index (χ4n) is 2.71. The molecule has 4 heteroatoms. The molecule has 2 heterocycles. The maximum Gasteiger partial charge on any atom is 0.129 e. The average molecular weight is 282 g/mol. The first-order valence-corrected chi connectivity index (χ1v) is 7.47. The number of rotatable bonds is 3. The molecule has 1 aliphatic heterocycles. The second-order valence-electron chi connectivity index (χ2n) is 5.59. The normalized spacial score (nSPS) is 16.1. The van der Waals surface area contributed by atoms with E-state index in [-0.39, 0.29) is 0 Å². The van der Waals surface area contributed by atoms with Crippen LogP contribution in [-0.4, -0.2) is 36.1 Å². The summed E-state index contributed by atoms with van der Waals surface area (Å²) < 4.78 is 0. The Hall–Kier alpha value is -2.07. The first-order chi connectivity index (χ1) is 10.2. The summed E-state index contributed by atoms with van der Waals surface area (Å²) in [7, 11) is 0. The van der Waals surface area contributed by atoms with E-state index >= 15 is 0 Å². The van der Waals surface area contributed by atoms with E-state index in [0.717, 1.165) is 49.9 Å². The number of piperazine rings is 1. The van der Waals surface area contributed by atoms with Crippen molar-refractivity contribution in [3.63, 3.8) is 0 Å². The third kappa shape index (κ3) is 3.34. The van der Waals surface area contributed by atoms with E-state index in [2.05, 4.69) is 45.1 Å². The summed E-state index contributed by atoms with van der Waals surface area (Å²) in [4.78, 5) is 9.43. The number of nitrogens with zero attached hydrogens (tertiary/aromatic N) is 3. The molecule has 1 fully saturated rings. The van der Waals surface area contributed by atoms with Gasteiger partial charge in [-0.1, -0.05) is 30.3 Å². The molecule has 0 unspecified atom stereocenters. The molecular formula is C17H22N4. The highest BCUT2D eigenvalue weighted by Gasteiger charge is 2.18. The zero-order valence-electron chi connectivity index (χ0n) is 12.5. The summed E-state index contributed by atoms with van der Waals surface area (Å²) in [5.74, 6) is 1.04. The monoisotopic (exact) mass is 282 g/mol. The Kier molecular flexibility index (Phi) is 4.06. The molecule has 21 heavy (non-hydrogen) atoms. The van der Waals surface area contributed by atoms with Crippen LogP contribution >= 0.6 is 0 Å². The van der Waals surface area contributed by atoms with Gasteiger partial charge in [-0.15, -0.1) is 0 Å². The van der Waals surface area contributed by atoms with Crippen molar-refractivity contribution in [3.8, 4) is 0 Å². The van der Waals surface area contributed by atoms with Crippen molar-refractivity contribution < 1.29 is 0 Å². The molecule has 0 spiro atoms. The van der Waals surface area contributed by atoms with Crippen LogP contribution in [0.5, 0.6) is 0 Å². The molecule has 0 bridgehead atoms. The first kappa shape index (κ1) is 13.9. The number of hydrogen-bond donors (Lipinski definition) is 1. The molecule has 2 N–H and O–H groups in total. The van der Waals surface area contributed by atoms with E-state index < -0.39 is 0 Å². The summed E-state index contributed by atoms with van der Waals surface area (Å²) in [5.41, 5.74) is 8.90. The Morgan fingerprint density at radius 3 is 2.38 bits per heavy atom. The lowest BCUT2D eigenvalue weighted by molar-refractivity contribution is 0.249. The summed E-state index contributed by atoms with van der Waals surface area (Å²) in [5, 5.41) is 0. The molecule has 0 aliphatic carbocycles. The van der Waals surface area contributed by atoms with Gasteiger partial charge in [0, 0.05) is 32.7 Å². The van der Waals surface area contributed by atoms with Crippen molar-refractivity contribution in [2.75, 3.05) is 36.8 Å². The van der Waals surface area contributed by atoms with Crippen LogP contribution in [0.15, 0.2) is 42.5 Å². The number of hydrogen-bond acceptors (Lipinski definition) is 4. The number of pyridine rings is 1. The molecular weight excluding hydrogens is 260 g/mol. The number of aryl methyl sites for hydroxylation is 1. The van der Waals surface area contributed by atoms with E-state index in [1.165, 1.54) is 5.56 Å². The molecule has 1 aromatic heterocycles. The molecule has 0 amide bonds. The highest BCUT2D eigenvalue weighted by atomic mass is 15.3. The van der Waals surface area contributed by atoms with Gasteiger partial charge in [-0.05, 0) is 24.6 Å². The SMILES string of the molecule is Cc1nc(N2CCN(Cc3ccccc3)CC2)ccc1N. The van der Waals surface area contributed by atoms with E-state index in [1.54, 1.807) is 0 Å². The zero-order valence-corrected chi connectivity index (χ0v) is 12.5. The Morgan fingerprint density at radius 2 is 1.71 bits per heavy atom. The second kappa shape index (κ2) is 6.14. The number of benzene rings is 1. The minimum Gasteiger partial charge on any atom is -0.397 e. The maximum absolute atomic E-state index is 5.84. The molecule has 1 aliphatic rings. The van der Waals surface area contributed by atoms with Crippen LogP contribution in [0.3, 0.4) is 0 Å². The van der Waals surface area contributed by atoms with Crippen molar-refractivity contribution in [1.82, 2.24) is 9.88 Å². The number of nitrogen functional groups attached to an aromatic ring is 1. The van der Waals surface area contributed by atoms with Crippen LogP contribution in [0.25, 0.3) is 0 Å². The van der Waals surface area contributed by atoms with E-state index in [1.807, 2.05) is 19.1 Å². The van der Waals surface area contributed by atoms with Crippen molar-refractivity contribution >= 4 is 11.5 Å². The third-order valence-electron chi connectivity index (χ3n) is 4.06. The topological polar surface area (TPSA) is 45.4 Å². The smallest absolute Gasteiger partial charge is 0.129 e.